The van der Waals surface area contributed by atoms with Gasteiger partial charge in [-0.1, -0.05) is 28.1 Å². The maximum absolute atomic E-state index is 9.00. The Bertz CT molecular complexity index is 723. The number of rotatable bonds is 3. The fourth-order valence-corrected chi connectivity index (χ4v) is 2.47. The van der Waals surface area contributed by atoms with Gasteiger partial charge in [-0.15, -0.1) is 0 Å². The zero-order valence-corrected chi connectivity index (χ0v) is 12.5. The van der Waals surface area contributed by atoms with Gasteiger partial charge in [0.15, 0.2) is 0 Å². The third kappa shape index (κ3) is 3.17. The average molecular weight is 326 g/mol. The second kappa shape index (κ2) is 6.23. The second-order valence-electron chi connectivity index (χ2n) is 4.43. The van der Waals surface area contributed by atoms with Crippen LogP contribution in [0.2, 0.25) is 0 Å². The highest BCUT2D eigenvalue weighted by Gasteiger charge is 2.04. The first-order valence-corrected chi connectivity index (χ1v) is 6.86. The quantitative estimate of drug-likeness (QED) is 0.923. The lowest BCUT2D eigenvalue weighted by Gasteiger charge is -2.09. The van der Waals surface area contributed by atoms with Crippen LogP contribution in [0.5, 0.6) is 0 Å². The van der Waals surface area contributed by atoms with Gasteiger partial charge in [0, 0.05) is 16.7 Å². The number of anilines is 1. The highest BCUT2D eigenvalue weighted by molar-refractivity contribution is 9.10. The molecule has 0 unspecified atom stereocenters. The number of halogens is 1. The van der Waals surface area contributed by atoms with E-state index in [1.54, 1.807) is 12.1 Å². The first-order chi connectivity index (χ1) is 9.63. The van der Waals surface area contributed by atoms with Crippen molar-refractivity contribution >= 4 is 21.6 Å². The summed E-state index contributed by atoms with van der Waals surface area (Å²) in [6, 6.07) is 15.4. The highest BCUT2D eigenvalue weighted by atomic mass is 79.9. The first-order valence-electron chi connectivity index (χ1n) is 6.07. The van der Waals surface area contributed by atoms with E-state index in [1.807, 2.05) is 25.1 Å². The van der Waals surface area contributed by atoms with Gasteiger partial charge < -0.3 is 5.32 Å². The lowest BCUT2D eigenvalue weighted by atomic mass is 10.1. The Hall–Kier alpha value is -2.30. The molecule has 0 aliphatic heterocycles. The van der Waals surface area contributed by atoms with E-state index < -0.39 is 0 Å². The molecule has 0 amide bonds. The number of hydrogen-bond acceptors (Lipinski definition) is 3. The van der Waals surface area contributed by atoms with Crippen molar-refractivity contribution in [2.24, 2.45) is 0 Å². The molecule has 0 aliphatic carbocycles. The fraction of sp³-hybridized carbons (Fsp3) is 0.125. The Kier molecular flexibility index (Phi) is 4.40. The molecular formula is C16H12BrN3. The zero-order valence-electron chi connectivity index (χ0n) is 10.9. The Morgan fingerprint density at radius 3 is 2.45 bits per heavy atom. The standard InChI is InChI=1S/C16H12BrN3/c1-11-2-3-13(16(17)6-11)10-20-15-5-4-12(8-18)14(7-15)9-19/h2-7,20H,10H2,1H3. The van der Waals surface area contributed by atoms with Gasteiger partial charge in [0.25, 0.3) is 0 Å². The van der Waals surface area contributed by atoms with Crippen LogP contribution in [-0.2, 0) is 6.54 Å². The largest absolute Gasteiger partial charge is 0.381 e. The Morgan fingerprint density at radius 2 is 1.80 bits per heavy atom. The predicted molar refractivity (Wildman–Crippen MR) is 82.1 cm³/mol. The molecule has 2 aromatic rings. The van der Waals surface area contributed by atoms with Crippen LogP contribution in [0.3, 0.4) is 0 Å². The van der Waals surface area contributed by atoms with Crippen molar-refractivity contribution < 1.29 is 0 Å². The Labute approximate surface area is 126 Å². The molecule has 2 rings (SSSR count). The zero-order chi connectivity index (χ0) is 14.5. The van der Waals surface area contributed by atoms with Gasteiger partial charge in [-0.05, 0) is 42.3 Å². The molecule has 3 nitrogen and oxygen atoms in total. The molecule has 0 heterocycles. The van der Waals surface area contributed by atoms with Crippen molar-refractivity contribution in [1.82, 2.24) is 0 Å². The number of hydrogen-bond donors (Lipinski definition) is 1. The van der Waals surface area contributed by atoms with Crippen LogP contribution in [0.25, 0.3) is 0 Å². The third-order valence-electron chi connectivity index (χ3n) is 2.95. The summed E-state index contributed by atoms with van der Waals surface area (Å²) in [5.41, 5.74) is 3.95. The molecule has 20 heavy (non-hydrogen) atoms. The van der Waals surface area contributed by atoms with Gasteiger partial charge >= 0.3 is 0 Å². The Morgan fingerprint density at radius 1 is 1.05 bits per heavy atom. The van der Waals surface area contributed by atoms with Crippen LogP contribution in [0.4, 0.5) is 5.69 Å². The molecule has 0 spiro atoms. The molecule has 0 aliphatic rings. The van der Waals surface area contributed by atoms with Crippen LogP contribution >= 0.6 is 15.9 Å². The molecule has 0 aromatic heterocycles. The summed E-state index contributed by atoms with van der Waals surface area (Å²) in [4.78, 5) is 0. The summed E-state index contributed by atoms with van der Waals surface area (Å²) in [7, 11) is 0. The van der Waals surface area contributed by atoms with E-state index in [9.17, 15) is 0 Å². The van der Waals surface area contributed by atoms with Gasteiger partial charge in [-0.3, -0.25) is 0 Å². The van der Waals surface area contributed by atoms with Gasteiger partial charge in [-0.25, -0.2) is 0 Å². The van der Waals surface area contributed by atoms with Crippen molar-refractivity contribution in [2.75, 3.05) is 5.32 Å². The molecule has 1 N–H and O–H groups in total. The third-order valence-corrected chi connectivity index (χ3v) is 3.69. The van der Waals surface area contributed by atoms with Crippen LogP contribution in [0, 0.1) is 29.6 Å². The SMILES string of the molecule is Cc1ccc(CNc2ccc(C#N)c(C#N)c2)c(Br)c1. The van der Waals surface area contributed by atoms with Crippen molar-refractivity contribution in [3.05, 3.63) is 63.1 Å². The Balaban J connectivity index is 2.16. The van der Waals surface area contributed by atoms with E-state index >= 15 is 0 Å². The summed E-state index contributed by atoms with van der Waals surface area (Å²) in [6.07, 6.45) is 0. The van der Waals surface area contributed by atoms with E-state index in [0.29, 0.717) is 17.7 Å². The summed E-state index contributed by atoms with van der Waals surface area (Å²) in [6.45, 7) is 2.69. The minimum atomic E-state index is 0.389. The molecule has 2 aromatic carbocycles. The number of nitrogens with zero attached hydrogens (tertiary/aromatic N) is 2. The van der Waals surface area contributed by atoms with Crippen LogP contribution in [0.1, 0.15) is 22.3 Å². The smallest absolute Gasteiger partial charge is 0.101 e. The molecular weight excluding hydrogens is 314 g/mol. The van der Waals surface area contributed by atoms with E-state index in [2.05, 4.69) is 39.4 Å². The van der Waals surface area contributed by atoms with E-state index in [0.717, 1.165) is 15.7 Å². The van der Waals surface area contributed by atoms with E-state index in [1.165, 1.54) is 5.56 Å². The highest BCUT2D eigenvalue weighted by Crippen LogP contribution is 2.21. The average Bonchev–Trinajstić information content (AvgIpc) is 2.46. The number of benzene rings is 2. The van der Waals surface area contributed by atoms with Crippen LogP contribution in [-0.4, -0.2) is 0 Å². The number of nitrogens with one attached hydrogen (secondary N) is 1. The number of aryl methyl sites for hydroxylation is 1. The van der Waals surface area contributed by atoms with Crippen molar-refractivity contribution in [2.45, 2.75) is 13.5 Å². The van der Waals surface area contributed by atoms with Gasteiger partial charge in [0.1, 0.15) is 12.1 Å². The minimum absolute atomic E-state index is 0.389. The first kappa shape index (κ1) is 14.1. The molecule has 0 radical (unpaired) electrons. The van der Waals surface area contributed by atoms with Crippen LogP contribution < -0.4 is 5.32 Å². The topological polar surface area (TPSA) is 59.6 Å². The van der Waals surface area contributed by atoms with Gasteiger partial charge in [0.05, 0.1) is 11.1 Å². The van der Waals surface area contributed by atoms with Gasteiger partial charge in [-0.2, -0.15) is 10.5 Å². The van der Waals surface area contributed by atoms with Crippen LogP contribution in [0.15, 0.2) is 40.9 Å². The lowest BCUT2D eigenvalue weighted by Crippen LogP contribution is -2.01. The molecule has 0 bridgehead atoms. The minimum Gasteiger partial charge on any atom is -0.381 e. The second-order valence-corrected chi connectivity index (χ2v) is 5.29. The van der Waals surface area contributed by atoms with E-state index in [4.69, 9.17) is 10.5 Å². The molecule has 4 heteroatoms. The number of nitriles is 2. The summed E-state index contributed by atoms with van der Waals surface area (Å²) >= 11 is 3.54. The monoisotopic (exact) mass is 325 g/mol. The molecule has 0 fully saturated rings. The maximum atomic E-state index is 9.00. The van der Waals surface area contributed by atoms with Crippen molar-refractivity contribution in [3.8, 4) is 12.1 Å². The molecule has 98 valence electrons. The summed E-state index contributed by atoms with van der Waals surface area (Å²) in [5.74, 6) is 0. The van der Waals surface area contributed by atoms with Gasteiger partial charge in [0.2, 0.25) is 0 Å². The lowest BCUT2D eigenvalue weighted by molar-refractivity contribution is 1.13. The summed E-state index contributed by atoms with van der Waals surface area (Å²) < 4.78 is 1.05. The molecule has 0 saturated heterocycles. The fourth-order valence-electron chi connectivity index (χ4n) is 1.84. The summed E-state index contributed by atoms with van der Waals surface area (Å²) in [5, 5.41) is 21.1. The molecule has 0 atom stereocenters. The van der Waals surface area contributed by atoms with Crippen molar-refractivity contribution in [1.29, 1.82) is 10.5 Å². The van der Waals surface area contributed by atoms with E-state index in [-0.39, 0.29) is 0 Å². The van der Waals surface area contributed by atoms with Crippen molar-refractivity contribution in [3.63, 3.8) is 0 Å². The maximum Gasteiger partial charge on any atom is 0.101 e. The molecule has 0 saturated carbocycles. The predicted octanol–water partition coefficient (Wildman–Crippen LogP) is 4.11. The normalized spacial score (nSPS) is 9.60.